The zero-order valence-corrected chi connectivity index (χ0v) is 21.8. The minimum Gasteiger partial charge on any atom is -0.349 e. The van der Waals surface area contributed by atoms with E-state index in [2.05, 4.69) is 10.6 Å². The molecule has 0 rings (SSSR count). The predicted octanol–water partition coefficient (Wildman–Crippen LogP) is 3.09. The molecule has 3 atom stereocenters. The van der Waals surface area contributed by atoms with E-state index in [4.69, 9.17) is 1.37 Å². The van der Waals surface area contributed by atoms with E-state index in [0.29, 0.717) is 12.8 Å². The molecule has 2 N–H and O–H groups in total. The molecule has 29 heavy (non-hydrogen) atoms. The third kappa shape index (κ3) is 11.7. The maximum Gasteiger partial charge on any atom is 0.224 e. The number of nitrogens with one attached hydrogen (secondary N) is 2. The van der Waals surface area contributed by atoms with Gasteiger partial charge in [-0.2, -0.15) is 6.42 Å². The summed E-state index contributed by atoms with van der Waals surface area (Å²) < 4.78 is 7.08. The normalized spacial score (nSPS) is 14.6. The van der Waals surface area contributed by atoms with E-state index in [1.165, 1.54) is 0 Å². The van der Waals surface area contributed by atoms with Gasteiger partial charge in [0.2, 0.25) is 12.3 Å². The number of Topliss-reactive ketones (excluding diaryl/α,β-unsaturated/α-hetero) is 2. The molecule has 0 bridgehead atoms. The summed E-state index contributed by atoms with van der Waals surface area (Å²) in [4.78, 5) is 49.3. The van der Waals surface area contributed by atoms with Crippen molar-refractivity contribution in [1.82, 2.24) is 10.6 Å². The Hall–Kier alpha value is -1.03. The summed E-state index contributed by atoms with van der Waals surface area (Å²) in [7, 11) is 0. The average molecular weight is 581 g/mol. The molecule has 0 aromatic heterocycles. The van der Waals surface area contributed by atoms with E-state index >= 15 is 0 Å². The molecule has 0 aliphatic heterocycles. The Morgan fingerprint density at radius 3 is 2.03 bits per heavy atom. The summed E-state index contributed by atoms with van der Waals surface area (Å²) >= 11 is 0. The van der Waals surface area contributed by atoms with Gasteiger partial charge in [-0.1, -0.05) is 48.5 Å². The maximum atomic E-state index is 13.0. The number of unbranched alkanes of at least 4 members (excludes halogenated alkanes) is 1. The van der Waals surface area contributed by atoms with Crippen LogP contribution >= 0.6 is 0 Å². The number of hydrogen-bond donors (Lipinski definition) is 2. The Bertz CT molecular complexity index is 567. The second-order valence-corrected chi connectivity index (χ2v) is 8.55. The minimum atomic E-state index is -1.02. The van der Waals surface area contributed by atoms with Gasteiger partial charge in [-0.25, -0.2) is 0 Å². The summed E-state index contributed by atoms with van der Waals surface area (Å²) in [5.41, 5.74) is 0. The van der Waals surface area contributed by atoms with Crippen LogP contribution in [0.25, 0.3) is 0 Å². The van der Waals surface area contributed by atoms with Gasteiger partial charge in [-0.05, 0) is 24.2 Å². The van der Waals surface area contributed by atoms with Crippen molar-refractivity contribution >= 4 is 23.9 Å². The summed E-state index contributed by atoms with van der Waals surface area (Å²) in [5.74, 6) is -1.29. The summed E-state index contributed by atoms with van der Waals surface area (Å²) in [6, 6.07) is -1.38. The van der Waals surface area contributed by atoms with Crippen molar-refractivity contribution < 1.29 is 41.6 Å². The first-order chi connectivity index (χ1) is 13.4. The topological polar surface area (TPSA) is 92.3 Å². The van der Waals surface area contributed by atoms with Gasteiger partial charge in [0.15, 0.2) is 5.78 Å². The van der Waals surface area contributed by atoms with Crippen LogP contribution in [0.4, 0.5) is 0 Å². The van der Waals surface area contributed by atoms with Crippen molar-refractivity contribution in [3.05, 3.63) is 6.42 Å². The Morgan fingerprint density at radius 2 is 1.62 bits per heavy atom. The van der Waals surface area contributed by atoms with Crippen LogP contribution in [0.3, 0.4) is 0 Å². The standard InChI is InChI=1S/C22H39N2O4.W/c1-8-9-10-19(26)18(11-14(2)3)24-22(28)17(15(4)5)12-20(27)21(16(6)7)23-13-25;/h9,13-18,21H,8,10-12H2,1-7H3,(H,23,25)(H,24,28);/q-1;/i13T;. The van der Waals surface area contributed by atoms with Gasteiger partial charge < -0.3 is 21.8 Å². The van der Waals surface area contributed by atoms with Crippen LogP contribution in [-0.4, -0.2) is 35.9 Å². The Morgan fingerprint density at radius 1 is 1.03 bits per heavy atom. The van der Waals surface area contributed by atoms with Crippen LogP contribution in [0.1, 0.15) is 75.5 Å². The van der Waals surface area contributed by atoms with E-state index in [1.807, 2.05) is 41.0 Å². The number of ketones is 2. The number of carbonyl (C=O) groups is 4. The molecule has 7 heteroatoms. The molecule has 0 aromatic carbocycles. The Labute approximate surface area is 192 Å². The van der Waals surface area contributed by atoms with Gasteiger partial charge in [0.1, 0.15) is 7.15 Å². The van der Waals surface area contributed by atoms with E-state index in [0.717, 1.165) is 6.42 Å². The van der Waals surface area contributed by atoms with E-state index in [9.17, 15) is 19.2 Å². The molecule has 3 unspecified atom stereocenters. The first kappa shape index (κ1) is 28.0. The fourth-order valence-electron chi connectivity index (χ4n) is 3.11. The summed E-state index contributed by atoms with van der Waals surface area (Å²) in [5, 5.41) is 5.23. The third-order valence-electron chi connectivity index (χ3n) is 4.84. The van der Waals surface area contributed by atoms with Crippen molar-refractivity contribution in [2.24, 2.45) is 23.7 Å². The van der Waals surface area contributed by atoms with Crippen molar-refractivity contribution in [3.8, 4) is 0 Å². The van der Waals surface area contributed by atoms with Gasteiger partial charge in [-0.3, -0.25) is 14.4 Å². The molecule has 0 aromatic rings. The molecule has 2 amide bonds. The number of carbonyl (C=O) groups excluding carboxylic acids is 4. The van der Waals surface area contributed by atoms with Crippen LogP contribution in [0.2, 0.25) is 0 Å². The van der Waals surface area contributed by atoms with Crippen molar-refractivity contribution in [1.29, 1.82) is 0 Å². The zero-order valence-electron chi connectivity index (χ0n) is 19.9. The maximum absolute atomic E-state index is 13.0. The molecule has 0 aliphatic rings. The van der Waals surface area contributed by atoms with Crippen molar-refractivity contribution in [3.63, 3.8) is 0 Å². The number of amides is 2. The average Bonchev–Trinajstić information content (AvgIpc) is 2.60. The second kappa shape index (κ2) is 15.8. The number of hydrogen-bond acceptors (Lipinski definition) is 4. The van der Waals surface area contributed by atoms with Gasteiger partial charge in [0.05, 0.1) is 12.1 Å². The van der Waals surface area contributed by atoms with Crippen LogP contribution < -0.4 is 10.6 Å². The van der Waals surface area contributed by atoms with Gasteiger partial charge in [0, 0.05) is 33.4 Å². The molecule has 0 aliphatic carbocycles. The Balaban J connectivity index is 0. The fourth-order valence-corrected chi connectivity index (χ4v) is 3.11. The molecule has 0 saturated carbocycles. The van der Waals surface area contributed by atoms with Gasteiger partial charge in [0.25, 0.3) is 0 Å². The summed E-state index contributed by atoms with van der Waals surface area (Å²) in [6.07, 6.45) is 2.47. The smallest absolute Gasteiger partial charge is 0.224 e. The first-order valence-corrected chi connectivity index (χ1v) is 10.3. The molecule has 0 saturated heterocycles. The third-order valence-corrected chi connectivity index (χ3v) is 4.84. The molecule has 6 nitrogen and oxygen atoms in total. The largest absolute Gasteiger partial charge is 0.349 e. The monoisotopic (exact) mass is 581 g/mol. The van der Waals surface area contributed by atoms with Crippen LogP contribution in [0.5, 0.6) is 0 Å². The zero-order chi connectivity index (χ0) is 22.7. The van der Waals surface area contributed by atoms with Crippen LogP contribution in [0, 0.1) is 30.1 Å². The molecule has 0 fully saturated rings. The fraction of sp³-hybridized carbons (Fsp3) is 0.773. The molecule has 168 valence electrons. The van der Waals surface area contributed by atoms with Crippen molar-refractivity contribution in [2.45, 2.75) is 86.2 Å². The van der Waals surface area contributed by atoms with Gasteiger partial charge in [-0.15, -0.1) is 6.42 Å². The number of rotatable bonds is 14. The van der Waals surface area contributed by atoms with Gasteiger partial charge >= 0.3 is 0 Å². The predicted molar refractivity (Wildman–Crippen MR) is 111 cm³/mol. The quantitative estimate of drug-likeness (QED) is 0.244. The summed E-state index contributed by atoms with van der Waals surface area (Å²) in [6.45, 7) is 13.2. The van der Waals surface area contributed by atoms with E-state index < -0.39 is 24.4 Å². The molecule has 0 spiro atoms. The van der Waals surface area contributed by atoms with Crippen LogP contribution in [0.15, 0.2) is 0 Å². The Kier molecular flexibility index (Phi) is 15.2. The van der Waals surface area contributed by atoms with Crippen LogP contribution in [-0.2, 0) is 40.2 Å². The molecular weight excluding hydrogens is 540 g/mol. The van der Waals surface area contributed by atoms with E-state index in [1.54, 1.807) is 13.8 Å². The van der Waals surface area contributed by atoms with Crippen molar-refractivity contribution in [2.75, 3.05) is 0 Å². The first-order valence-electron chi connectivity index (χ1n) is 10.8. The minimum absolute atomic E-state index is 0. The SMILES string of the molecule is [3H]C(=O)NC(C(=O)CC(C(=O)NC(CC(C)C)C(=O)C[CH-]CC)C(C)C)C(C)C.[W]. The molecular formula is C22H39N2O4W-. The second-order valence-electron chi connectivity index (χ2n) is 8.55. The van der Waals surface area contributed by atoms with E-state index in [-0.39, 0.29) is 62.7 Å². The molecule has 0 radical (unpaired) electrons. The molecule has 0 heterocycles.